The van der Waals surface area contributed by atoms with E-state index in [-0.39, 0.29) is 0 Å². The molecule has 2 aromatic rings. The van der Waals surface area contributed by atoms with Gasteiger partial charge in [0.1, 0.15) is 5.82 Å². The molecule has 0 radical (unpaired) electrons. The van der Waals surface area contributed by atoms with Gasteiger partial charge in [0.2, 0.25) is 6.41 Å². The van der Waals surface area contributed by atoms with E-state index < -0.39 is 0 Å². The first kappa shape index (κ1) is 27.2. The van der Waals surface area contributed by atoms with Gasteiger partial charge in [-0.15, -0.1) is 0 Å². The van der Waals surface area contributed by atoms with Gasteiger partial charge in [0.25, 0.3) is 0 Å². The first-order chi connectivity index (χ1) is 15.5. The van der Waals surface area contributed by atoms with Gasteiger partial charge in [-0.25, -0.2) is 4.98 Å². The summed E-state index contributed by atoms with van der Waals surface area (Å²) in [5, 5.41) is 4.47. The molecule has 0 aromatic carbocycles. The van der Waals surface area contributed by atoms with Crippen molar-refractivity contribution < 1.29 is 9.53 Å². The third kappa shape index (κ3) is 9.56. The van der Waals surface area contributed by atoms with E-state index in [9.17, 15) is 4.79 Å². The van der Waals surface area contributed by atoms with Crippen LogP contribution in [0, 0.1) is 0 Å². The Morgan fingerprint density at radius 3 is 2.19 bits per heavy atom. The Morgan fingerprint density at radius 2 is 1.69 bits per heavy atom. The van der Waals surface area contributed by atoms with E-state index in [0.717, 1.165) is 59.2 Å². The number of carbonyl (C=O) groups is 1. The Balaban J connectivity index is 0.000000540. The number of rotatable bonds is 8. The molecule has 1 amide bonds. The number of amides is 1. The third-order valence-corrected chi connectivity index (χ3v) is 4.87. The topological polar surface area (TPSA) is 64.1 Å². The molecule has 1 fully saturated rings. The summed E-state index contributed by atoms with van der Waals surface area (Å²) < 4.78 is 4.72. The number of hydrogen-bond acceptors (Lipinski definition) is 4. The van der Waals surface area contributed by atoms with E-state index in [4.69, 9.17) is 4.74 Å². The van der Waals surface area contributed by atoms with E-state index in [2.05, 4.69) is 61.7 Å². The number of nitrogens with zero attached hydrogens (tertiary/aromatic N) is 2. The lowest BCUT2D eigenvalue weighted by molar-refractivity contribution is -0.105. The van der Waals surface area contributed by atoms with Crippen LogP contribution in [-0.4, -0.2) is 29.6 Å². The summed E-state index contributed by atoms with van der Waals surface area (Å²) in [7, 11) is 0. The van der Waals surface area contributed by atoms with Crippen LogP contribution in [0.1, 0.15) is 72.4 Å². The molecule has 3 rings (SSSR count). The fourth-order valence-corrected chi connectivity index (χ4v) is 2.82. The number of carbonyl (C=O) groups excluding carboxylic acids is 1. The maximum absolute atomic E-state index is 10.5. The maximum Gasteiger partial charge on any atom is 0.212 e. The minimum Gasteiger partial charge on any atom is -0.381 e. The summed E-state index contributed by atoms with van der Waals surface area (Å²) in [4.78, 5) is 19.3. The standard InChI is InChI=1S/C20H23N3O.C4H10.C3H6O/c1-5-7-14(3)8-15(4)18(6-2)19-9-16-12-22-20(23-13-24)10-17(16)11-21-19;1-3-4-2;1-2-4-3-1/h6,8-13H,3,5,7H2,1-2,4H3,(H,22,23,24);3-4H2,1-2H3;1-3H2/b15-8-,18-6+;;. The number of unbranched alkanes of at least 4 members (excludes halogenated alkanes) is 1. The molecule has 5 nitrogen and oxygen atoms in total. The van der Waals surface area contributed by atoms with E-state index in [1.54, 1.807) is 12.4 Å². The second-order valence-corrected chi connectivity index (χ2v) is 7.65. The van der Waals surface area contributed by atoms with E-state index in [0.29, 0.717) is 12.2 Å². The van der Waals surface area contributed by atoms with Gasteiger partial charge in [-0.1, -0.05) is 64.3 Å². The second kappa shape index (κ2) is 15.9. The largest absolute Gasteiger partial charge is 0.381 e. The molecular weight excluding hydrogens is 398 g/mol. The number of pyridine rings is 2. The maximum atomic E-state index is 10.5. The number of hydrogen-bond donors (Lipinski definition) is 1. The average molecular weight is 438 g/mol. The Hall–Kier alpha value is -2.79. The highest BCUT2D eigenvalue weighted by Gasteiger charge is 2.07. The Morgan fingerprint density at radius 1 is 1.09 bits per heavy atom. The predicted octanol–water partition coefficient (Wildman–Crippen LogP) is 7.12. The monoisotopic (exact) mass is 437 g/mol. The van der Waals surface area contributed by atoms with Crippen LogP contribution in [0.2, 0.25) is 0 Å². The van der Waals surface area contributed by atoms with Gasteiger partial charge in [-0.05, 0) is 50.0 Å². The van der Waals surface area contributed by atoms with Crippen molar-refractivity contribution in [3.63, 3.8) is 0 Å². The predicted molar refractivity (Wildman–Crippen MR) is 137 cm³/mol. The number of allylic oxidation sites excluding steroid dienone is 5. The second-order valence-electron chi connectivity index (χ2n) is 7.65. The molecule has 5 heteroatoms. The highest BCUT2D eigenvalue weighted by atomic mass is 16.5. The minimum atomic E-state index is 0.519. The lowest BCUT2D eigenvalue weighted by Gasteiger charge is -2.10. The summed E-state index contributed by atoms with van der Waals surface area (Å²) in [6.45, 7) is 16.7. The van der Waals surface area contributed by atoms with E-state index >= 15 is 0 Å². The molecule has 0 atom stereocenters. The first-order valence-corrected chi connectivity index (χ1v) is 11.6. The van der Waals surface area contributed by atoms with E-state index in [1.807, 2.05) is 19.1 Å². The van der Waals surface area contributed by atoms with Crippen LogP contribution in [0.4, 0.5) is 5.82 Å². The van der Waals surface area contributed by atoms with Crippen LogP contribution in [0.25, 0.3) is 16.3 Å². The molecule has 1 N–H and O–H groups in total. The molecule has 32 heavy (non-hydrogen) atoms. The summed E-state index contributed by atoms with van der Waals surface area (Å²) in [5.74, 6) is 0.519. The molecule has 3 heterocycles. The number of nitrogens with one attached hydrogen (secondary N) is 1. The minimum absolute atomic E-state index is 0.519. The van der Waals surface area contributed by atoms with E-state index in [1.165, 1.54) is 19.3 Å². The number of anilines is 1. The van der Waals surface area contributed by atoms with Gasteiger partial charge in [0.15, 0.2) is 0 Å². The highest BCUT2D eigenvalue weighted by molar-refractivity contribution is 5.88. The third-order valence-electron chi connectivity index (χ3n) is 4.87. The summed E-state index contributed by atoms with van der Waals surface area (Å²) in [5.41, 5.74) is 4.27. The summed E-state index contributed by atoms with van der Waals surface area (Å²) >= 11 is 0. The lowest BCUT2D eigenvalue weighted by atomic mass is 9.99. The van der Waals surface area contributed by atoms with Gasteiger partial charge in [-0.2, -0.15) is 0 Å². The summed E-state index contributed by atoms with van der Waals surface area (Å²) in [6.07, 6.45) is 14.4. The van der Waals surface area contributed by atoms with Crippen LogP contribution < -0.4 is 5.32 Å². The Kier molecular flexibility index (Phi) is 13.6. The van der Waals surface area contributed by atoms with Crippen molar-refractivity contribution in [1.29, 1.82) is 0 Å². The van der Waals surface area contributed by atoms with Crippen LogP contribution in [0.15, 0.2) is 54.4 Å². The van der Waals surface area contributed by atoms with Crippen molar-refractivity contribution in [2.24, 2.45) is 0 Å². The van der Waals surface area contributed by atoms with Crippen molar-refractivity contribution in [1.82, 2.24) is 9.97 Å². The van der Waals surface area contributed by atoms with Gasteiger partial charge >= 0.3 is 0 Å². The van der Waals surface area contributed by atoms with Crippen LogP contribution in [0.3, 0.4) is 0 Å². The molecule has 0 bridgehead atoms. The Bertz CT molecular complexity index is 906. The zero-order chi connectivity index (χ0) is 23.8. The zero-order valence-electron chi connectivity index (χ0n) is 20.4. The smallest absolute Gasteiger partial charge is 0.212 e. The fourth-order valence-electron chi connectivity index (χ4n) is 2.82. The van der Waals surface area contributed by atoms with Crippen molar-refractivity contribution in [3.8, 4) is 0 Å². The van der Waals surface area contributed by atoms with Gasteiger partial charge in [0, 0.05) is 36.4 Å². The number of ether oxygens (including phenoxy) is 1. The molecule has 1 saturated heterocycles. The molecule has 1 aliphatic rings. The number of fused-ring (bicyclic) bond motifs is 1. The SMILES string of the molecule is C1COC1.C=C(/C=C(C)\C(=C/C)c1cc2cnc(NC=O)cc2cn1)CCC.CCCC. The van der Waals surface area contributed by atoms with Crippen LogP contribution in [-0.2, 0) is 9.53 Å². The molecule has 0 unspecified atom stereocenters. The number of aromatic nitrogens is 2. The lowest BCUT2D eigenvalue weighted by Crippen LogP contribution is -2.09. The van der Waals surface area contributed by atoms with Crippen molar-refractivity contribution in [2.45, 2.75) is 66.7 Å². The van der Waals surface area contributed by atoms with Gasteiger partial charge < -0.3 is 10.1 Å². The van der Waals surface area contributed by atoms with Crippen LogP contribution in [0.5, 0.6) is 0 Å². The molecule has 0 aliphatic carbocycles. The van der Waals surface area contributed by atoms with Crippen molar-refractivity contribution in [2.75, 3.05) is 18.5 Å². The van der Waals surface area contributed by atoms with Crippen molar-refractivity contribution >= 4 is 28.6 Å². The fraction of sp³-hybridized carbons (Fsp3) is 0.444. The normalized spacial score (nSPS) is 13.2. The highest BCUT2D eigenvalue weighted by Crippen LogP contribution is 2.26. The van der Waals surface area contributed by atoms with Gasteiger partial charge in [-0.3, -0.25) is 9.78 Å². The first-order valence-electron chi connectivity index (χ1n) is 11.6. The molecule has 1 aliphatic heterocycles. The average Bonchev–Trinajstić information content (AvgIpc) is 2.73. The molecule has 0 saturated carbocycles. The molecule has 0 spiro atoms. The van der Waals surface area contributed by atoms with Crippen LogP contribution >= 0.6 is 0 Å². The quantitative estimate of drug-likeness (QED) is 0.353. The van der Waals surface area contributed by atoms with Crippen molar-refractivity contribution in [3.05, 3.63) is 60.1 Å². The molecule has 2 aromatic heterocycles. The summed E-state index contributed by atoms with van der Waals surface area (Å²) in [6, 6.07) is 3.82. The zero-order valence-corrected chi connectivity index (χ0v) is 20.4. The van der Waals surface area contributed by atoms with Gasteiger partial charge in [0.05, 0.1) is 5.69 Å². The molecular formula is C27H39N3O2. The molecule has 174 valence electrons. The Labute approximate surface area is 193 Å².